The molecule has 5 nitrogen and oxygen atoms in total. The molecule has 0 spiro atoms. The van der Waals surface area contributed by atoms with Gasteiger partial charge in [-0.2, -0.15) is 0 Å². The Morgan fingerprint density at radius 1 is 1.20 bits per heavy atom. The highest BCUT2D eigenvalue weighted by molar-refractivity contribution is 6.32. The van der Waals surface area contributed by atoms with Crippen LogP contribution >= 0.6 is 11.6 Å². The minimum Gasteiger partial charge on any atom is -0.479 e. The van der Waals surface area contributed by atoms with Crippen molar-refractivity contribution in [1.82, 2.24) is 5.16 Å². The van der Waals surface area contributed by atoms with Gasteiger partial charge in [0.25, 0.3) is 5.91 Å². The summed E-state index contributed by atoms with van der Waals surface area (Å²) in [6, 6.07) is 16.5. The zero-order valence-electron chi connectivity index (χ0n) is 13.8. The van der Waals surface area contributed by atoms with E-state index in [0.717, 1.165) is 11.1 Å². The predicted octanol–water partition coefficient (Wildman–Crippen LogP) is 4.71. The first-order valence-corrected chi connectivity index (χ1v) is 8.16. The lowest BCUT2D eigenvalue weighted by atomic mass is 10.1. The van der Waals surface area contributed by atoms with Gasteiger partial charge in [0.2, 0.25) is 5.88 Å². The van der Waals surface area contributed by atoms with Crippen LogP contribution in [0.5, 0.6) is 5.75 Å². The summed E-state index contributed by atoms with van der Waals surface area (Å²) in [4.78, 5) is 12.3. The third kappa shape index (κ3) is 4.19. The summed E-state index contributed by atoms with van der Waals surface area (Å²) in [6.45, 7) is 3.65. The predicted molar refractivity (Wildman–Crippen MR) is 96.8 cm³/mol. The van der Waals surface area contributed by atoms with Crippen molar-refractivity contribution < 1.29 is 14.1 Å². The highest BCUT2D eigenvalue weighted by Crippen LogP contribution is 2.25. The molecule has 1 amide bonds. The highest BCUT2D eigenvalue weighted by atomic mass is 35.5. The summed E-state index contributed by atoms with van der Waals surface area (Å²) in [5, 5.41) is 7.07. The molecule has 0 aliphatic heterocycles. The number of hydrogen-bond acceptors (Lipinski definition) is 4. The van der Waals surface area contributed by atoms with Crippen molar-refractivity contribution in [3.8, 4) is 17.0 Å². The second-order valence-corrected chi connectivity index (χ2v) is 6.03. The topological polar surface area (TPSA) is 64.4 Å². The summed E-state index contributed by atoms with van der Waals surface area (Å²) in [6.07, 6.45) is -0.743. The molecule has 6 heteroatoms. The van der Waals surface area contributed by atoms with Gasteiger partial charge in [-0.15, -0.1) is 0 Å². The Morgan fingerprint density at radius 3 is 2.64 bits per heavy atom. The molecule has 0 saturated heterocycles. The Bertz CT molecular complexity index is 874. The summed E-state index contributed by atoms with van der Waals surface area (Å²) < 4.78 is 10.8. The Labute approximate surface area is 150 Å². The molecule has 1 atom stereocenters. The molecule has 0 unspecified atom stereocenters. The molecule has 128 valence electrons. The van der Waals surface area contributed by atoms with E-state index in [9.17, 15) is 4.79 Å². The van der Waals surface area contributed by atoms with Gasteiger partial charge in [0.1, 0.15) is 11.4 Å². The maximum atomic E-state index is 12.3. The second kappa shape index (κ2) is 7.40. The minimum atomic E-state index is -0.743. The van der Waals surface area contributed by atoms with Gasteiger partial charge in [0.15, 0.2) is 6.10 Å². The second-order valence-electron chi connectivity index (χ2n) is 5.62. The van der Waals surface area contributed by atoms with E-state index < -0.39 is 6.10 Å². The monoisotopic (exact) mass is 356 g/mol. The van der Waals surface area contributed by atoms with Crippen LogP contribution in [0, 0.1) is 6.92 Å². The van der Waals surface area contributed by atoms with Crippen molar-refractivity contribution in [3.63, 3.8) is 0 Å². The van der Waals surface area contributed by atoms with Gasteiger partial charge in [-0.25, -0.2) is 0 Å². The molecular weight excluding hydrogens is 340 g/mol. The first-order valence-electron chi connectivity index (χ1n) is 7.79. The van der Waals surface area contributed by atoms with Gasteiger partial charge in [-0.3, -0.25) is 10.1 Å². The minimum absolute atomic E-state index is 0.259. The van der Waals surface area contributed by atoms with E-state index in [2.05, 4.69) is 10.5 Å². The number of amides is 1. The molecule has 3 rings (SSSR count). The number of benzene rings is 2. The van der Waals surface area contributed by atoms with Crippen LogP contribution in [-0.2, 0) is 4.79 Å². The number of halogens is 1. The van der Waals surface area contributed by atoms with E-state index in [1.54, 1.807) is 37.3 Å². The number of aromatic nitrogens is 1. The lowest BCUT2D eigenvalue weighted by molar-refractivity contribution is -0.122. The average Bonchev–Trinajstić information content (AvgIpc) is 3.06. The smallest absolute Gasteiger partial charge is 0.267 e. The van der Waals surface area contributed by atoms with Crippen LogP contribution in [0.25, 0.3) is 11.3 Å². The largest absolute Gasteiger partial charge is 0.479 e. The van der Waals surface area contributed by atoms with Crippen LogP contribution in [-0.4, -0.2) is 17.2 Å². The Kier molecular flexibility index (Phi) is 5.05. The van der Waals surface area contributed by atoms with Crippen molar-refractivity contribution in [1.29, 1.82) is 0 Å². The standard InChI is InChI=1S/C19H17ClN2O3/c1-12-7-9-14(10-8-12)16-11-18(25-22-16)21-19(23)13(2)24-17-6-4-3-5-15(17)20/h3-11,13H,1-2H3,(H,21,23)/t13-/m0/s1. The van der Waals surface area contributed by atoms with Gasteiger partial charge >= 0.3 is 0 Å². The zero-order chi connectivity index (χ0) is 17.8. The van der Waals surface area contributed by atoms with Crippen molar-refractivity contribution >= 4 is 23.4 Å². The molecule has 2 aromatic carbocycles. The number of aryl methyl sites for hydroxylation is 1. The van der Waals surface area contributed by atoms with Gasteiger partial charge in [0, 0.05) is 11.6 Å². The number of rotatable bonds is 5. The maximum absolute atomic E-state index is 12.3. The van der Waals surface area contributed by atoms with Crippen molar-refractivity contribution in [3.05, 3.63) is 65.2 Å². The molecule has 3 aromatic rings. The average molecular weight is 357 g/mol. The van der Waals surface area contributed by atoms with E-state index >= 15 is 0 Å². The number of hydrogen-bond donors (Lipinski definition) is 1. The third-order valence-corrected chi connectivity index (χ3v) is 3.93. The van der Waals surface area contributed by atoms with Crippen LogP contribution in [0.2, 0.25) is 5.02 Å². The van der Waals surface area contributed by atoms with Gasteiger partial charge < -0.3 is 9.26 Å². The fourth-order valence-electron chi connectivity index (χ4n) is 2.20. The normalized spacial score (nSPS) is 11.8. The van der Waals surface area contributed by atoms with Gasteiger partial charge in [-0.1, -0.05) is 58.7 Å². The van der Waals surface area contributed by atoms with Crippen LogP contribution in [0.3, 0.4) is 0 Å². The van der Waals surface area contributed by atoms with E-state index in [-0.39, 0.29) is 11.8 Å². The van der Waals surface area contributed by atoms with Gasteiger partial charge in [0.05, 0.1) is 5.02 Å². The number of carbonyl (C=O) groups excluding carboxylic acids is 1. The van der Waals surface area contributed by atoms with Crippen LogP contribution in [0.4, 0.5) is 5.88 Å². The molecule has 25 heavy (non-hydrogen) atoms. The third-order valence-electron chi connectivity index (χ3n) is 3.61. The molecule has 0 aliphatic carbocycles. The van der Waals surface area contributed by atoms with Crippen molar-refractivity contribution in [2.45, 2.75) is 20.0 Å². The molecule has 1 heterocycles. The first-order chi connectivity index (χ1) is 12.0. The van der Waals surface area contributed by atoms with Gasteiger partial charge in [-0.05, 0) is 26.0 Å². The zero-order valence-corrected chi connectivity index (χ0v) is 14.6. The van der Waals surface area contributed by atoms with Crippen LogP contribution in [0.1, 0.15) is 12.5 Å². The summed E-state index contributed by atoms with van der Waals surface area (Å²) in [7, 11) is 0. The van der Waals surface area contributed by atoms with Crippen molar-refractivity contribution in [2.24, 2.45) is 0 Å². The molecule has 0 saturated carbocycles. The summed E-state index contributed by atoms with van der Waals surface area (Å²) in [5.74, 6) is 0.353. The lowest BCUT2D eigenvalue weighted by Gasteiger charge is -2.14. The number of nitrogens with one attached hydrogen (secondary N) is 1. The summed E-state index contributed by atoms with van der Waals surface area (Å²) >= 11 is 6.03. The van der Waals surface area contributed by atoms with Crippen LogP contribution < -0.4 is 10.1 Å². The fraction of sp³-hybridized carbons (Fsp3) is 0.158. The fourth-order valence-corrected chi connectivity index (χ4v) is 2.38. The number of carbonyl (C=O) groups is 1. The van der Waals surface area contributed by atoms with E-state index in [1.165, 1.54) is 0 Å². The molecule has 1 aromatic heterocycles. The highest BCUT2D eigenvalue weighted by Gasteiger charge is 2.18. The molecule has 1 N–H and O–H groups in total. The number of anilines is 1. The summed E-state index contributed by atoms with van der Waals surface area (Å²) in [5.41, 5.74) is 2.72. The molecule has 0 bridgehead atoms. The maximum Gasteiger partial charge on any atom is 0.267 e. The number of para-hydroxylation sites is 1. The molecule has 0 radical (unpaired) electrons. The SMILES string of the molecule is Cc1ccc(-c2cc(NC(=O)[C@H](C)Oc3ccccc3Cl)on2)cc1. The van der Waals surface area contributed by atoms with Crippen molar-refractivity contribution in [2.75, 3.05) is 5.32 Å². The Hall–Kier alpha value is -2.79. The van der Waals surface area contributed by atoms with E-state index in [1.807, 2.05) is 31.2 Å². The van der Waals surface area contributed by atoms with E-state index in [4.69, 9.17) is 20.9 Å². The lowest BCUT2D eigenvalue weighted by Crippen LogP contribution is -2.30. The van der Waals surface area contributed by atoms with E-state index in [0.29, 0.717) is 16.5 Å². The first kappa shape index (κ1) is 17.0. The Morgan fingerprint density at radius 2 is 1.92 bits per heavy atom. The number of nitrogens with zero attached hydrogens (tertiary/aromatic N) is 1. The number of ether oxygens (including phenoxy) is 1. The quantitative estimate of drug-likeness (QED) is 0.719. The molecule has 0 aliphatic rings. The Balaban J connectivity index is 1.65. The molecule has 0 fully saturated rings. The molecular formula is C19H17ClN2O3. The van der Waals surface area contributed by atoms with Crippen LogP contribution in [0.15, 0.2) is 59.1 Å².